The van der Waals surface area contributed by atoms with E-state index in [-0.39, 0.29) is 12.4 Å². The molecule has 2 aromatic heterocycles. The largest absolute Gasteiger partial charge is 0.485 e. The Labute approximate surface area is 213 Å². The Kier molecular flexibility index (Phi) is 7.34. The summed E-state index contributed by atoms with van der Waals surface area (Å²) < 4.78 is 13.7. The number of rotatable bonds is 7. The highest BCUT2D eigenvalue weighted by Crippen LogP contribution is 2.26. The van der Waals surface area contributed by atoms with E-state index in [0.717, 1.165) is 11.1 Å². The molecule has 2 aromatic carbocycles. The molecule has 4 aromatic rings. The van der Waals surface area contributed by atoms with Gasteiger partial charge in [0, 0.05) is 11.2 Å². The van der Waals surface area contributed by atoms with Crippen molar-refractivity contribution in [1.82, 2.24) is 9.78 Å². The van der Waals surface area contributed by atoms with E-state index in [2.05, 4.69) is 26.3 Å². The summed E-state index contributed by atoms with van der Waals surface area (Å²) in [5.41, 5.74) is 1.83. The third-order valence-corrected chi connectivity index (χ3v) is 6.22. The van der Waals surface area contributed by atoms with Gasteiger partial charge in [0.2, 0.25) is 0 Å². The first-order valence-corrected chi connectivity index (χ1v) is 11.7. The summed E-state index contributed by atoms with van der Waals surface area (Å²) in [5.74, 6) is 1.29. The molecule has 170 valence electrons. The number of hydrogen-bond acceptors (Lipinski definition) is 4. The number of anilines is 1. The van der Waals surface area contributed by atoms with Crippen molar-refractivity contribution in [2.75, 3.05) is 5.32 Å². The van der Waals surface area contributed by atoms with Gasteiger partial charge >= 0.3 is 0 Å². The van der Waals surface area contributed by atoms with E-state index in [9.17, 15) is 4.79 Å². The average molecular weight is 570 g/mol. The summed E-state index contributed by atoms with van der Waals surface area (Å²) in [6.45, 7) is 2.54. The maximum Gasteiger partial charge on any atom is 0.292 e. The van der Waals surface area contributed by atoms with Crippen molar-refractivity contribution in [3.05, 3.63) is 96.9 Å². The molecule has 0 aliphatic rings. The summed E-state index contributed by atoms with van der Waals surface area (Å²) in [6.07, 6.45) is 1.76. The van der Waals surface area contributed by atoms with Crippen LogP contribution in [-0.2, 0) is 13.2 Å². The van der Waals surface area contributed by atoms with E-state index in [1.165, 1.54) is 0 Å². The normalized spacial score (nSPS) is 10.9. The first kappa shape index (κ1) is 23.7. The number of nitrogens with zero attached hydrogens (tertiary/aromatic N) is 2. The van der Waals surface area contributed by atoms with Crippen molar-refractivity contribution in [3.8, 4) is 5.75 Å². The standard InChI is InChI=1S/C23H17BrCl3N3O3/c1-13-8-15(25)3-6-20(13)32-12-16-4-7-21(33-16)23(31)28-22-17(24)11-30(29-22)10-14-2-5-18(26)19(27)9-14/h2-9,11H,10,12H2,1H3,(H,28,29,31). The van der Waals surface area contributed by atoms with Crippen LogP contribution >= 0.6 is 50.7 Å². The van der Waals surface area contributed by atoms with Crippen molar-refractivity contribution in [1.29, 1.82) is 0 Å². The van der Waals surface area contributed by atoms with Gasteiger partial charge in [0.05, 0.1) is 21.1 Å². The second-order valence-corrected chi connectivity index (χ2v) is 9.30. The SMILES string of the molecule is Cc1cc(Cl)ccc1OCc1ccc(C(=O)Nc2nn(Cc3ccc(Cl)c(Cl)c3)cc2Br)o1. The molecule has 0 fully saturated rings. The van der Waals surface area contributed by atoms with Crippen LogP contribution in [0.15, 0.2) is 63.6 Å². The molecule has 1 amide bonds. The lowest BCUT2D eigenvalue weighted by molar-refractivity contribution is 0.0992. The number of ether oxygens (including phenoxy) is 1. The number of nitrogens with one attached hydrogen (secondary N) is 1. The highest BCUT2D eigenvalue weighted by molar-refractivity contribution is 9.10. The van der Waals surface area contributed by atoms with Crippen molar-refractivity contribution in [2.45, 2.75) is 20.1 Å². The molecule has 0 bridgehead atoms. The van der Waals surface area contributed by atoms with Crippen molar-refractivity contribution < 1.29 is 13.9 Å². The number of hydrogen-bond donors (Lipinski definition) is 1. The van der Waals surface area contributed by atoms with Crippen LogP contribution in [0, 0.1) is 6.92 Å². The fourth-order valence-electron chi connectivity index (χ4n) is 3.06. The van der Waals surface area contributed by atoms with Crippen LogP contribution in [0.5, 0.6) is 5.75 Å². The second-order valence-electron chi connectivity index (χ2n) is 7.19. The highest BCUT2D eigenvalue weighted by Gasteiger charge is 2.16. The summed E-state index contributed by atoms with van der Waals surface area (Å²) >= 11 is 21.4. The van der Waals surface area contributed by atoms with Crippen molar-refractivity contribution in [2.24, 2.45) is 0 Å². The van der Waals surface area contributed by atoms with Crippen LogP contribution in [-0.4, -0.2) is 15.7 Å². The summed E-state index contributed by atoms with van der Waals surface area (Å²) in [4.78, 5) is 12.6. The van der Waals surface area contributed by atoms with Gasteiger partial charge in [-0.15, -0.1) is 0 Å². The number of benzene rings is 2. The molecule has 0 atom stereocenters. The lowest BCUT2D eigenvalue weighted by atomic mass is 10.2. The van der Waals surface area contributed by atoms with E-state index in [4.69, 9.17) is 44.0 Å². The molecular weight excluding hydrogens is 553 g/mol. The Balaban J connectivity index is 1.38. The molecule has 4 rings (SSSR count). The molecule has 33 heavy (non-hydrogen) atoms. The molecule has 6 nitrogen and oxygen atoms in total. The lowest BCUT2D eigenvalue weighted by Gasteiger charge is -2.07. The van der Waals surface area contributed by atoms with Gasteiger partial charge in [-0.3, -0.25) is 9.48 Å². The number of aryl methyl sites for hydroxylation is 1. The Hall–Kier alpha value is -2.45. The quantitative estimate of drug-likeness (QED) is 0.252. The van der Waals surface area contributed by atoms with Crippen LogP contribution in [0.4, 0.5) is 5.82 Å². The van der Waals surface area contributed by atoms with Crippen LogP contribution < -0.4 is 10.1 Å². The van der Waals surface area contributed by atoms with Crippen LogP contribution in [0.2, 0.25) is 15.1 Å². The molecule has 10 heteroatoms. The van der Waals surface area contributed by atoms with Crippen LogP contribution in [0.25, 0.3) is 0 Å². The topological polar surface area (TPSA) is 69.3 Å². The number of carbonyl (C=O) groups excluding carboxylic acids is 1. The number of carbonyl (C=O) groups is 1. The maximum atomic E-state index is 12.6. The van der Waals surface area contributed by atoms with Gasteiger partial charge in [-0.25, -0.2) is 0 Å². The molecule has 1 N–H and O–H groups in total. The smallest absolute Gasteiger partial charge is 0.292 e. The molecule has 0 saturated heterocycles. The third kappa shape index (κ3) is 5.92. The number of halogens is 4. The van der Waals surface area contributed by atoms with Gasteiger partial charge in [-0.1, -0.05) is 40.9 Å². The molecule has 0 aliphatic heterocycles. The predicted octanol–water partition coefficient (Wildman–Crippen LogP) is 7.39. The average Bonchev–Trinajstić information content (AvgIpc) is 3.37. The Morgan fingerprint density at radius 1 is 1.12 bits per heavy atom. The monoisotopic (exact) mass is 567 g/mol. The molecule has 0 spiro atoms. The lowest BCUT2D eigenvalue weighted by Crippen LogP contribution is -2.12. The molecular formula is C23H17BrCl3N3O3. The van der Waals surface area contributed by atoms with Gasteiger partial charge in [0.25, 0.3) is 5.91 Å². The molecule has 0 aliphatic carbocycles. The second kappa shape index (κ2) is 10.2. The van der Waals surface area contributed by atoms with E-state index >= 15 is 0 Å². The van der Waals surface area contributed by atoms with E-state index in [1.807, 2.05) is 19.1 Å². The molecule has 2 heterocycles. The number of aromatic nitrogens is 2. The molecule has 0 saturated carbocycles. The van der Waals surface area contributed by atoms with Crippen LogP contribution in [0.3, 0.4) is 0 Å². The minimum Gasteiger partial charge on any atom is -0.485 e. The maximum absolute atomic E-state index is 12.6. The van der Waals surface area contributed by atoms with Gasteiger partial charge < -0.3 is 14.5 Å². The zero-order valence-electron chi connectivity index (χ0n) is 17.2. The molecule has 0 unspecified atom stereocenters. The highest BCUT2D eigenvalue weighted by atomic mass is 79.9. The Morgan fingerprint density at radius 3 is 2.70 bits per heavy atom. The van der Waals surface area contributed by atoms with E-state index in [0.29, 0.717) is 43.4 Å². The summed E-state index contributed by atoms with van der Waals surface area (Å²) in [7, 11) is 0. The summed E-state index contributed by atoms with van der Waals surface area (Å²) in [6, 6.07) is 14.0. The first-order chi connectivity index (χ1) is 15.8. The Morgan fingerprint density at radius 2 is 1.94 bits per heavy atom. The van der Waals surface area contributed by atoms with Gasteiger partial charge in [-0.05, 0) is 76.4 Å². The zero-order valence-corrected chi connectivity index (χ0v) is 21.1. The van der Waals surface area contributed by atoms with E-state index in [1.54, 1.807) is 47.3 Å². The van der Waals surface area contributed by atoms with Gasteiger partial charge in [0.15, 0.2) is 11.6 Å². The van der Waals surface area contributed by atoms with Crippen molar-refractivity contribution in [3.63, 3.8) is 0 Å². The minimum atomic E-state index is -0.426. The first-order valence-electron chi connectivity index (χ1n) is 9.74. The third-order valence-electron chi connectivity index (χ3n) is 4.67. The fourth-order valence-corrected chi connectivity index (χ4v) is 4.02. The van der Waals surface area contributed by atoms with Crippen molar-refractivity contribution >= 4 is 62.5 Å². The van der Waals surface area contributed by atoms with Gasteiger partial charge in [-0.2, -0.15) is 5.10 Å². The fraction of sp³-hybridized carbons (Fsp3) is 0.130. The minimum absolute atomic E-state index is 0.146. The van der Waals surface area contributed by atoms with Crippen LogP contribution in [0.1, 0.15) is 27.4 Å². The van der Waals surface area contributed by atoms with E-state index < -0.39 is 5.91 Å². The number of furan rings is 1. The summed E-state index contributed by atoms with van der Waals surface area (Å²) in [5, 5.41) is 8.75. The predicted molar refractivity (Wildman–Crippen MR) is 133 cm³/mol. The Bertz CT molecular complexity index is 1320. The van der Waals surface area contributed by atoms with Gasteiger partial charge in [0.1, 0.15) is 18.1 Å². The number of amides is 1. The molecule has 0 radical (unpaired) electrons. The zero-order chi connectivity index (χ0) is 23.5.